The van der Waals surface area contributed by atoms with Crippen LogP contribution in [0.15, 0.2) is 52.7 Å². The summed E-state index contributed by atoms with van der Waals surface area (Å²) in [4.78, 5) is 0. The number of hydrogen-bond donors (Lipinski definition) is 1. The van der Waals surface area contributed by atoms with Crippen LogP contribution in [0, 0.1) is 6.92 Å². The molecule has 0 amide bonds. The average molecular weight is 441 g/mol. The molecule has 1 N–H and O–H groups in total. The lowest BCUT2D eigenvalue weighted by atomic mass is 10.1. The molecule has 0 spiro atoms. The molecule has 0 saturated carbocycles. The van der Waals surface area contributed by atoms with Gasteiger partial charge in [-0.1, -0.05) is 69.6 Å². The highest BCUT2D eigenvalue weighted by Gasteiger charge is 2.18. The van der Waals surface area contributed by atoms with Crippen molar-refractivity contribution >= 4 is 11.4 Å². The van der Waals surface area contributed by atoms with Gasteiger partial charge in [-0.05, 0) is 43.7 Å². The summed E-state index contributed by atoms with van der Waals surface area (Å²) in [5.74, 6) is 0.286. The van der Waals surface area contributed by atoms with Gasteiger partial charge >= 0.3 is 0 Å². The van der Waals surface area contributed by atoms with E-state index < -0.39 is 0 Å². The number of unbranched alkanes of at least 4 members (excludes halogenated alkanes) is 7. The van der Waals surface area contributed by atoms with Crippen LogP contribution in [0.2, 0.25) is 0 Å². The predicted molar refractivity (Wildman–Crippen MR) is 133 cm³/mol. The third-order valence-corrected chi connectivity index (χ3v) is 5.56. The lowest BCUT2D eigenvalue weighted by molar-refractivity contribution is -0.922. The minimum atomic E-state index is 0.286. The van der Waals surface area contributed by atoms with Gasteiger partial charge in [-0.2, -0.15) is 10.2 Å². The Labute approximate surface area is 194 Å². The second-order valence-electron chi connectivity index (χ2n) is 9.45. The zero-order valence-electron chi connectivity index (χ0n) is 20.5. The van der Waals surface area contributed by atoms with Crippen molar-refractivity contribution in [3.63, 3.8) is 0 Å². The first-order valence-electron chi connectivity index (χ1n) is 12.1. The quantitative estimate of drug-likeness (QED) is 0.133. The van der Waals surface area contributed by atoms with E-state index in [-0.39, 0.29) is 5.75 Å². The summed E-state index contributed by atoms with van der Waals surface area (Å²) < 4.78 is 6.59. The first kappa shape index (κ1) is 26.0. The molecular weight excluding hydrogens is 398 g/mol. The Bertz CT molecular complexity index is 816. The molecule has 0 bridgehead atoms. The summed E-state index contributed by atoms with van der Waals surface area (Å²) in [7, 11) is 4.24. The molecule has 0 heterocycles. The van der Waals surface area contributed by atoms with E-state index in [1.54, 1.807) is 12.1 Å². The maximum absolute atomic E-state index is 10.3. The molecule has 0 unspecified atom stereocenters. The molecule has 0 saturated heterocycles. The summed E-state index contributed by atoms with van der Waals surface area (Å²) in [5.41, 5.74) is 3.60. The second kappa shape index (κ2) is 14.0. The van der Waals surface area contributed by atoms with E-state index in [1.807, 2.05) is 37.3 Å². The first-order valence-corrected chi connectivity index (χ1v) is 12.1. The number of ether oxygens (including phenoxy) is 1. The molecule has 5 nitrogen and oxygen atoms in total. The van der Waals surface area contributed by atoms with E-state index in [1.165, 1.54) is 50.5 Å². The molecular formula is C27H42N3O2+. The molecule has 32 heavy (non-hydrogen) atoms. The molecule has 2 aromatic rings. The van der Waals surface area contributed by atoms with Gasteiger partial charge in [0.25, 0.3) is 0 Å². The van der Waals surface area contributed by atoms with Crippen molar-refractivity contribution in [2.45, 2.75) is 71.8 Å². The second-order valence-corrected chi connectivity index (χ2v) is 9.45. The number of aryl methyl sites for hydroxylation is 1. The normalized spacial score (nSPS) is 12.0. The largest absolute Gasteiger partial charge is 0.507 e. The van der Waals surface area contributed by atoms with Gasteiger partial charge < -0.3 is 14.3 Å². The Hall–Kier alpha value is -2.24. The molecule has 0 aliphatic heterocycles. The summed E-state index contributed by atoms with van der Waals surface area (Å²) >= 11 is 0. The van der Waals surface area contributed by atoms with Crippen molar-refractivity contribution in [3.8, 4) is 5.75 Å². The Morgan fingerprint density at radius 1 is 0.812 bits per heavy atom. The molecule has 0 aliphatic rings. The van der Waals surface area contributed by atoms with E-state index >= 15 is 0 Å². The maximum atomic E-state index is 10.3. The Balaban J connectivity index is 1.76. The fourth-order valence-electron chi connectivity index (χ4n) is 3.64. The fourth-order valence-corrected chi connectivity index (χ4v) is 3.64. The average Bonchev–Trinajstić information content (AvgIpc) is 2.76. The van der Waals surface area contributed by atoms with Crippen molar-refractivity contribution in [1.29, 1.82) is 0 Å². The number of phenolic OH excluding ortho intramolecular Hbond substituents is 1. The van der Waals surface area contributed by atoms with Crippen molar-refractivity contribution < 1.29 is 14.3 Å². The lowest BCUT2D eigenvalue weighted by Gasteiger charge is -2.29. The first-order chi connectivity index (χ1) is 15.4. The minimum Gasteiger partial charge on any atom is -0.507 e. The van der Waals surface area contributed by atoms with E-state index in [4.69, 9.17) is 4.74 Å². The van der Waals surface area contributed by atoms with Crippen molar-refractivity contribution in [3.05, 3.63) is 53.6 Å². The smallest absolute Gasteiger partial charge is 0.182 e. The molecule has 2 rings (SSSR count). The van der Waals surface area contributed by atoms with E-state index in [0.29, 0.717) is 17.8 Å². The van der Waals surface area contributed by atoms with Crippen LogP contribution in [0.5, 0.6) is 5.75 Å². The number of phenols is 1. The highest BCUT2D eigenvalue weighted by molar-refractivity contribution is 5.47. The van der Waals surface area contributed by atoms with Crippen molar-refractivity contribution in [2.75, 3.05) is 27.4 Å². The predicted octanol–water partition coefficient (Wildman–Crippen LogP) is 7.81. The highest BCUT2D eigenvalue weighted by Crippen LogP contribution is 2.27. The van der Waals surface area contributed by atoms with Crippen LogP contribution in [0.3, 0.4) is 0 Å². The molecule has 0 aromatic heterocycles. The number of nitrogens with zero attached hydrogens (tertiary/aromatic N) is 3. The van der Waals surface area contributed by atoms with E-state index in [0.717, 1.165) is 30.0 Å². The van der Waals surface area contributed by atoms with Crippen LogP contribution in [-0.2, 0) is 11.3 Å². The third kappa shape index (κ3) is 10.4. The monoisotopic (exact) mass is 440 g/mol. The molecule has 176 valence electrons. The maximum Gasteiger partial charge on any atom is 0.182 e. The van der Waals surface area contributed by atoms with Crippen molar-refractivity contribution in [2.24, 2.45) is 10.2 Å². The number of hydrogen-bond acceptors (Lipinski definition) is 4. The van der Waals surface area contributed by atoms with Crippen LogP contribution in [-0.4, -0.2) is 37.0 Å². The summed E-state index contributed by atoms with van der Waals surface area (Å²) in [5, 5.41) is 19.0. The van der Waals surface area contributed by atoms with Crippen LogP contribution in [0.4, 0.5) is 11.4 Å². The molecule has 0 fully saturated rings. The molecule has 5 heteroatoms. The van der Waals surface area contributed by atoms with Crippen LogP contribution in [0.1, 0.15) is 69.4 Å². The number of quaternary nitrogens is 1. The summed E-state index contributed by atoms with van der Waals surface area (Å²) in [6.07, 6.45) is 10.4. The Kier molecular flexibility index (Phi) is 11.4. The van der Waals surface area contributed by atoms with Crippen LogP contribution in [0.25, 0.3) is 0 Å². The van der Waals surface area contributed by atoms with Crippen molar-refractivity contribution in [1.82, 2.24) is 0 Å². The zero-order valence-corrected chi connectivity index (χ0v) is 20.5. The highest BCUT2D eigenvalue weighted by atomic mass is 16.5. The van der Waals surface area contributed by atoms with Gasteiger partial charge in [0.05, 0.1) is 37.6 Å². The SMILES string of the molecule is CCCCCCCCCCOC[N+](C)(C)Cc1cc(N=Nc2ccc(C)cc2)ccc1O. The van der Waals surface area contributed by atoms with Gasteiger partial charge in [0.15, 0.2) is 6.73 Å². The molecule has 0 atom stereocenters. The third-order valence-electron chi connectivity index (χ3n) is 5.56. The van der Waals surface area contributed by atoms with Crippen LogP contribution >= 0.6 is 0 Å². The number of azo groups is 1. The van der Waals surface area contributed by atoms with Gasteiger partial charge in [0.1, 0.15) is 12.3 Å². The standard InChI is InChI=1S/C27H41N3O2/c1-5-6-7-8-9-10-11-12-19-32-22-30(3,4)21-24-20-26(17-18-27(24)31)29-28-25-15-13-23(2)14-16-25/h13-18,20H,5-12,19,21-22H2,1-4H3/p+1. The lowest BCUT2D eigenvalue weighted by Crippen LogP contribution is -2.40. The molecule has 2 aromatic carbocycles. The fraction of sp³-hybridized carbons (Fsp3) is 0.556. The molecule has 0 radical (unpaired) electrons. The van der Waals surface area contributed by atoms with Gasteiger partial charge in [-0.25, -0.2) is 0 Å². The van der Waals surface area contributed by atoms with Gasteiger partial charge in [0.2, 0.25) is 0 Å². The van der Waals surface area contributed by atoms with Gasteiger partial charge in [-0.3, -0.25) is 0 Å². The van der Waals surface area contributed by atoms with E-state index in [2.05, 4.69) is 31.2 Å². The Morgan fingerprint density at radius 2 is 1.41 bits per heavy atom. The summed E-state index contributed by atoms with van der Waals surface area (Å²) in [6, 6.07) is 13.3. The van der Waals surface area contributed by atoms with Crippen LogP contribution < -0.4 is 0 Å². The zero-order chi connectivity index (χ0) is 23.2. The number of benzene rings is 2. The Morgan fingerprint density at radius 3 is 2.09 bits per heavy atom. The van der Waals surface area contributed by atoms with Gasteiger partial charge in [-0.15, -0.1) is 0 Å². The topological polar surface area (TPSA) is 54.2 Å². The molecule has 0 aliphatic carbocycles. The van der Waals surface area contributed by atoms with E-state index in [9.17, 15) is 5.11 Å². The minimum absolute atomic E-state index is 0.286. The number of aromatic hydroxyl groups is 1. The number of rotatable bonds is 15. The van der Waals surface area contributed by atoms with Gasteiger partial charge in [0, 0.05) is 0 Å². The summed E-state index contributed by atoms with van der Waals surface area (Å²) in [6.45, 7) is 6.38.